The predicted octanol–water partition coefficient (Wildman–Crippen LogP) is 1.61. The van der Waals surface area contributed by atoms with Gasteiger partial charge < -0.3 is 15.2 Å². The number of carbonyl (C=O) groups excluding carboxylic acids is 1. The zero-order valence-corrected chi connectivity index (χ0v) is 13.1. The van der Waals surface area contributed by atoms with Crippen molar-refractivity contribution in [3.8, 4) is 0 Å². The Morgan fingerprint density at radius 3 is 2.75 bits per heavy atom. The van der Waals surface area contributed by atoms with Crippen LogP contribution in [0.5, 0.6) is 0 Å². The van der Waals surface area contributed by atoms with Crippen LogP contribution in [0.1, 0.15) is 27.2 Å². The Bertz CT molecular complexity index is 338. The molecule has 7 heteroatoms. The lowest BCUT2D eigenvalue weighted by atomic mass is 10.2. The number of hydrogen-bond donors (Lipinski definition) is 2. The molecule has 0 bridgehead atoms. The first-order valence-electron chi connectivity index (χ1n) is 6.95. The van der Waals surface area contributed by atoms with Gasteiger partial charge in [0, 0.05) is 18.9 Å². The first kappa shape index (κ1) is 17.1. The van der Waals surface area contributed by atoms with Crippen molar-refractivity contribution < 1.29 is 19.4 Å². The van der Waals surface area contributed by atoms with Crippen LogP contribution in [0.15, 0.2) is 0 Å². The maximum atomic E-state index is 12.1. The van der Waals surface area contributed by atoms with E-state index >= 15 is 0 Å². The molecule has 1 rings (SSSR count). The van der Waals surface area contributed by atoms with Crippen molar-refractivity contribution in [1.29, 1.82) is 0 Å². The topological polar surface area (TPSA) is 78.9 Å². The second-order valence-electron chi connectivity index (χ2n) is 5.16. The van der Waals surface area contributed by atoms with Gasteiger partial charge in [-0.1, -0.05) is 20.8 Å². The maximum absolute atomic E-state index is 12.1. The van der Waals surface area contributed by atoms with E-state index in [9.17, 15) is 9.59 Å². The lowest BCUT2D eigenvalue weighted by molar-refractivity contribution is -0.141. The normalized spacial score (nSPS) is 22.3. The molecule has 0 aromatic carbocycles. The standard InChI is InChI=1S/C13H24N2O4S/c1-4-11-15(10(8-20-11)12(16)17)13(18)14-5-6-19-7-9(2)3/h9-11H,4-8H2,1-3H3,(H,14,18)(H,16,17). The van der Waals surface area contributed by atoms with Crippen molar-refractivity contribution in [3.05, 3.63) is 0 Å². The molecule has 0 saturated carbocycles. The average molecular weight is 304 g/mol. The molecular formula is C13H24N2O4S. The molecule has 2 atom stereocenters. The van der Waals surface area contributed by atoms with Gasteiger partial charge in [-0.2, -0.15) is 0 Å². The number of amides is 2. The van der Waals surface area contributed by atoms with Gasteiger partial charge in [-0.25, -0.2) is 9.59 Å². The van der Waals surface area contributed by atoms with Crippen LogP contribution in [-0.2, 0) is 9.53 Å². The van der Waals surface area contributed by atoms with Gasteiger partial charge in [-0.3, -0.25) is 4.90 Å². The van der Waals surface area contributed by atoms with E-state index in [1.54, 1.807) is 0 Å². The van der Waals surface area contributed by atoms with Gasteiger partial charge in [-0.15, -0.1) is 11.8 Å². The summed E-state index contributed by atoms with van der Waals surface area (Å²) in [5.74, 6) is -0.0355. The number of thioether (sulfide) groups is 1. The summed E-state index contributed by atoms with van der Waals surface area (Å²) in [5.41, 5.74) is 0. The molecule has 2 unspecified atom stereocenters. The van der Waals surface area contributed by atoms with E-state index < -0.39 is 12.0 Å². The fourth-order valence-corrected chi connectivity index (χ4v) is 3.33. The minimum Gasteiger partial charge on any atom is -0.480 e. The first-order valence-corrected chi connectivity index (χ1v) is 8.00. The van der Waals surface area contributed by atoms with Gasteiger partial charge in [0.1, 0.15) is 6.04 Å². The molecule has 6 nitrogen and oxygen atoms in total. The molecule has 1 aliphatic heterocycles. The number of carboxylic acids is 1. The third kappa shape index (κ3) is 4.86. The largest absolute Gasteiger partial charge is 0.480 e. The Labute approximate surface area is 124 Å². The fraction of sp³-hybridized carbons (Fsp3) is 0.846. The van der Waals surface area contributed by atoms with Crippen molar-refractivity contribution in [2.75, 3.05) is 25.5 Å². The molecule has 1 saturated heterocycles. The van der Waals surface area contributed by atoms with E-state index in [4.69, 9.17) is 9.84 Å². The summed E-state index contributed by atoms with van der Waals surface area (Å²) in [6.45, 7) is 7.57. The highest BCUT2D eigenvalue weighted by atomic mass is 32.2. The molecule has 20 heavy (non-hydrogen) atoms. The zero-order chi connectivity index (χ0) is 15.1. The maximum Gasteiger partial charge on any atom is 0.327 e. The number of nitrogens with one attached hydrogen (secondary N) is 1. The molecule has 1 fully saturated rings. The SMILES string of the molecule is CCC1SCC(C(=O)O)N1C(=O)NCCOCC(C)C. The highest BCUT2D eigenvalue weighted by Crippen LogP contribution is 2.31. The van der Waals surface area contributed by atoms with E-state index in [0.29, 0.717) is 31.4 Å². The molecule has 116 valence electrons. The van der Waals surface area contributed by atoms with Crippen LogP contribution in [0.25, 0.3) is 0 Å². The number of carbonyl (C=O) groups is 2. The molecular weight excluding hydrogens is 280 g/mol. The smallest absolute Gasteiger partial charge is 0.327 e. The molecule has 2 N–H and O–H groups in total. The first-order chi connectivity index (χ1) is 9.47. The van der Waals surface area contributed by atoms with Crippen LogP contribution in [-0.4, -0.2) is 58.9 Å². The molecule has 0 radical (unpaired) electrons. The molecule has 2 amide bonds. The summed E-state index contributed by atoms with van der Waals surface area (Å²) in [4.78, 5) is 24.7. The zero-order valence-electron chi connectivity index (χ0n) is 12.3. The fourth-order valence-electron chi connectivity index (χ4n) is 1.98. The number of nitrogens with zero attached hydrogens (tertiary/aromatic N) is 1. The van der Waals surface area contributed by atoms with Crippen molar-refractivity contribution in [3.63, 3.8) is 0 Å². The van der Waals surface area contributed by atoms with Crippen LogP contribution in [0.4, 0.5) is 4.79 Å². The Balaban J connectivity index is 2.41. The Morgan fingerprint density at radius 2 is 2.20 bits per heavy atom. The number of carboxylic acid groups (broad SMARTS) is 1. The summed E-state index contributed by atoms with van der Waals surface area (Å²) >= 11 is 1.52. The van der Waals surface area contributed by atoms with Crippen LogP contribution < -0.4 is 5.32 Å². The minimum atomic E-state index is -0.945. The van der Waals surface area contributed by atoms with Crippen molar-refractivity contribution in [1.82, 2.24) is 10.2 Å². The lowest BCUT2D eigenvalue weighted by Crippen LogP contribution is -2.50. The predicted molar refractivity (Wildman–Crippen MR) is 78.9 cm³/mol. The van der Waals surface area contributed by atoms with Gasteiger partial charge in [0.15, 0.2) is 0 Å². The molecule has 0 aromatic rings. The summed E-state index contributed by atoms with van der Waals surface area (Å²) in [5, 5.41) is 11.8. The highest BCUT2D eigenvalue weighted by molar-refractivity contribution is 8.00. The Morgan fingerprint density at radius 1 is 1.50 bits per heavy atom. The summed E-state index contributed by atoms with van der Waals surface area (Å²) < 4.78 is 5.38. The third-order valence-corrected chi connectivity index (χ3v) is 4.39. The minimum absolute atomic E-state index is 0.0623. The molecule has 1 aliphatic rings. The third-order valence-electron chi connectivity index (χ3n) is 2.94. The van der Waals surface area contributed by atoms with E-state index in [0.717, 1.165) is 6.42 Å². The van der Waals surface area contributed by atoms with Crippen molar-refractivity contribution in [2.24, 2.45) is 5.92 Å². The van der Waals surface area contributed by atoms with Gasteiger partial charge >= 0.3 is 12.0 Å². The van der Waals surface area contributed by atoms with Crippen LogP contribution in [0.2, 0.25) is 0 Å². The molecule has 1 heterocycles. The monoisotopic (exact) mass is 304 g/mol. The van der Waals surface area contributed by atoms with Crippen LogP contribution in [0, 0.1) is 5.92 Å². The number of urea groups is 1. The summed E-state index contributed by atoms with van der Waals surface area (Å²) in [7, 11) is 0. The molecule has 0 aliphatic carbocycles. The van der Waals surface area contributed by atoms with E-state index in [-0.39, 0.29) is 11.4 Å². The van der Waals surface area contributed by atoms with E-state index in [1.165, 1.54) is 16.7 Å². The number of hydrogen-bond acceptors (Lipinski definition) is 4. The Hall–Kier alpha value is -0.950. The molecule has 0 aromatic heterocycles. The van der Waals surface area contributed by atoms with Crippen LogP contribution >= 0.6 is 11.8 Å². The van der Waals surface area contributed by atoms with Gasteiger partial charge in [0.05, 0.1) is 12.0 Å². The van der Waals surface area contributed by atoms with Gasteiger partial charge in [0.2, 0.25) is 0 Å². The van der Waals surface area contributed by atoms with E-state index in [2.05, 4.69) is 19.2 Å². The number of rotatable bonds is 7. The van der Waals surface area contributed by atoms with Gasteiger partial charge in [0.25, 0.3) is 0 Å². The second-order valence-corrected chi connectivity index (χ2v) is 6.37. The quantitative estimate of drug-likeness (QED) is 0.699. The lowest BCUT2D eigenvalue weighted by Gasteiger charge is -2.26. The average Bonchev–Trinajstić information content (AvgIpc) is 2.81. The van der Waals surface area contributed by atoms with Crippen LogP contribution in [0.3, 0.4) is 0 Å². The summed E-state index contributed by atoms with van der Waals surface area (Å²) in [6.07, 6.45) is 0.742. The van der Waals surface area contributed by atoms with Crippen molar-refractivity contribution >= 4 is 23.8 Å². The summed E-state index contributed by atoms with van der Waals surface area (Å²) in [6, 6.07) is -1.05. The van der Waals surface area contributed by atoms with E-state index in [1.807, 2.05) is 6.92 Å². The highest BCUT2D eigenvalue weighted by Gasteiger charge is 2.40. The second kappa shape index (κ2) is 8.36. The number of aliphatic carboxylic acids is 1. The Kier molecular flexibility index (Phi) is 7.15. The molecule has 0 spiro atoms. The number of ether oxygens (including phenoxy) is 1. The van der Waals surface area contributed by atoms with Gasteiger partial charge in [-0.05, 0) is 12.3 Å². The van der Waals surface area contributed by atoms with Crippen molar-refractivity contribution in [2.45, 2.75) is 38.6 Å².